The zero-order valence-corrected chi connectivity index (χ0v) is 24.5. The van der Waals surface area contributed by atoms with Crippen LogP contribution >= 0.6 is 0 Å². The first-order valence-electron chi connectivity index (χ1n) is 16.5. The van der Waals surface area contributed by atoms with Crippen LogP contribution in [0.2, 0.25) is 0 Å². The fraction of sp³-hybridized carbons (Fsp3) is 0.941. The Kier molecular flexibility index (Phi) is 30.5. The van der Waals surface area contributed by atoms with E-state index in [0.717, 1.165) is 5.92 Å². The summed E-state index contributed by atoms with van der Waals surface area (Å²) in [5, 5.41) is 0. The molecule has 0 aliphatic rings. The van der Waals surface area contributed by atoms with Gasteiger partial charge in [0.05, 0.1) is 0 Å². The van der Waals surface area contributed by atoms with Crippen LogP contribution in [0.4, 0.5) is 0 Å². The van der Waals surface area contributed by atoms with E-state index in [-0.39, 0.29) is 0 Å². The highest BCUT2D eigenvalue weighted by atomic mass is 14.1. The standard InChI is InChI=1S/C34H68/c1-4-6-8-10-12-14-16-18-20-22-24-26-28-30-32-34(3)33-31-29-27-25-23-21-19-17-15-13-11-9-7-5-2/h18,20,34H,4-17,19,21-33H2,1-3H3. The van der Waals surface area contributed by atoms with Crippen LogP contribution in [-0.2, 0) is 0 Å². The van der Waals surface area contributed by atoms with Crippen molar-refractivity contribution in [2.75, 3.05) is 0 Å². The Morgan fingerprint density at radius 2 is 0.618 bits per heavy atom. The van der Waals surface area contributed by atoms with Crippen molar-refractivity contribution in [1.29, 1.82) is 0 Å². The van der Waals surface area contributed by atoms with Gasteiger partial charge in [0.15, 0.2) is 0 Å². The number of allylic oxidation sites excluding steroid dienone is 2. The Balaban J connectivity index is 3.19. The highest BCUT2D eigenvalue weighted by Crippen LogP contribution is 2.19. The Morgan fingerprint density at radius 3 is 0.941 bits per heavy atom. The summed E-state index contributed by atoms with van der Waals surface area (Å²) in [6.07, 6.45) is 45.3. The van der Waals surface area contributed by atoms with Crippen molar-refractivity contribution in [1.82, 2.24) is 0 Å². The van der Waals surface area contributed by atoms with Gasteiger partial charge in [0.1, 0.15) is 0 Å². The van der Waals surface area contributed by atoms with Gasteiger partial charge in [-0.25, -0.2) is 0 Å². The maximum atomic E-state index is 2.49. The summed E-state index contributed by atoms with van der Waals surface area (Å²) >= 11 is 0. The predicted molar refractivity (Wildman–Crippen MR) is 159 cm³/mol. The topological polar surface area (TPSA) is 0 Å². The highest BCUT2D eigenvalue weighted by Gasteiger charge is 2.02. The van der Waals surface area contributed by atoms with Crippen molar-refractivity contribution < 1.29 is 0 Å². The van der Waals surface area contributed by atoms with Crippen LogP contribution in [0.3, 0.4) is 0 Å². The van der Waals surface area contributed by atoms with E-state index in [1.165, 1.54) is 180 Å². The largest absolute Gasteiger partial charge is 0.0885 e. The molecule has 0 nitrogen and oxygen atoms in total. The lowest BCUT2D eigenvalue weighted by Crippen LogP contribution is -1.95. The van der Waals surface area contributed by atoms with Gasteiger partial charge < -0.3 is 0 Å². The van der Waals surface area contributed by atoms with Crippen LogP contribution in [0.15, 0.2) is 12.2 Å². The maximum absolute atomic E-state index is 2.49. The average molecular weight is 477 g/mol. The van der Waals surface area contributed by atoms with E-state index in [1.807, 2.05) is 0 Å². The lowest BCUT2D eigenvalue weighted by Gasteiger charge is -2.11. The second-order valence-corrected chi connectivity index (χ2v) is 11.5. The third kappa shape index (κ3) is 29.8. The molecule has 0 radical (unpaired) electrons. The molecule has 34 heavy (non-hydrogen) atoms. The second kappa shape index (κ2) is 30.8. The molecule has 0 aromatic rings. The summed E-state index contributed by atoms with van der Waals surface area (Å²) in [5.74, 6) is 0.953. The molecule has 0 heterocycles. The van der Waals surface area contributed by atoms with Crippen molar-refractivity contribution in [3.8, 4) is 0 Å². The Bertz CT molecular complexity index is 368. The maximum Gasteiger partial charge on any atom is -0.0351 e. The molecule has 0 rings (SSSR count). The van der Waals surface area contributed by atoms with Gasteiger partial charge in [-0.2, -0.15) is 0 Å². The number of hydrogen-bond acceptors (Lipinski definition) is 0. The molecular formula is C34H68. The molecule has 0 bridgehead atoms. The Morgan fingerprint density at radius 1 is 0.353 bits per heavy atom. The quantitative estimate of drug-likeness (QED) is 0.0743. The van der Waals surface area contributed by atoms with E-state index < -0.39 is 0 Å². The summed E-state index contributed by atoms with van der Waals surface area (Å²) in [6, 6.07) is 0. The first-order valence-corrected chi connectivity index (χ1v) is 16.5. The Labute approximate surface area is 218 Å². The van der Waals surface area contributed by atoms with Crippen molar-refractivity contribution >= 4 is 0 Å². The first kappa shape index (κ1) is 33.7. The summed E-state index contributed by atoms with van der Waals surface area (Å²) in [6.45, 7) is 7.10. The molecule has 0 amide bonds. The van der Waals surface area contributed by atoms with E-state index in [4.69, 9.17) is 0 Å². The fourth-order valence-electron chi connectivity index (χ4n) is 5.22. The van der Waals surface area contributed by atoms with Crippen LogP contribution in [0.5, 0.6) is 0 Å². The van der Waals surface area contributed by atoms with Gasteiger partial charge in [-0.05, 0) is 31.6 Å². The van der Waals surface area contributed by atoms with Crippen LogP contribution in [0, 0.1) is 5.92 Å². The van der Waals surface area contributed by atoms with Gasteiger partial charge in [-0.1, -0.05) is 187 Å². The lowest BCUT2D eigenvalue weighted by molar-refractivity contribution is 0.432. The van der Waals surface area contributed by atoms with Gasteiger partial charge in [-0.15, -0.1) is 0 Å². The zero-order chi connectivity index (χ0) is 24.8. The summed E-state index contributed by atoms with van der Waals surface area (Å²) in [4.78, 5) is 0. The first-order chi connectivity index (χ1) is 16.8. The van der Waals surface area contributed by atoms with Crippen LogP contribution in [0.25, 0.3) is 0 Å². The van der Waals surface area contributed by atoms with Crippen LogP contribution in [-0.4, -0.2) is 0 Å². The molecular weight excluding hydrogens is 408 g/mol. The molecule has 0 fully saturated rings. The third-order valence-corrected chi connectivity index (χ3v) is 7.76. The molecule has 0 N–H and O–H groups in total. The average Bonchev–Trinajstić information content (AvgIpc) is 2.84. The van der Waals surface area contributed by atoms with Crippen LogP contribution < -0.4 is 0 Å². The fourth-order valence-corrected chi connectivity index (χ4v) is 5.22. The zero-order valence-electron chi connectivity index (χ0n) is 24.5. The summed E-state index contributed by atoms with van der Waals surface area (Å²) in [7, 11) is 0. The molecule has 0 aliphatic heterocycles. The molecule has 1 unspecified atom stereocenters. The van der Waals surface area contributed by atoms with Crippen molar-refractivity contribution in [2.24, 2.45) is 5.92 Å². The molecule has 0 heteroatoms. The van der Waals surface area contributed by atoms with Crippen molar-refractivity contribution in [2.45, 2.75) is 201 Å². The van der Waals surface area contributed by atoms with Crippen molar-refractivity contribution in [3.05, 3.63) is 12.2 Å². The van der Waals surface area contributed by atoms with Gasteiger partial charge in [0.25, 0.3) is 0 Å². The molecule has 0 aromatic heterocycles. The number of unbranched alkanes of at least 4 members (excludes halogenated alkanes) is 23. The molecule has 1 atom stereocenters. The normalized spacial score (nSPS) is 12.7. The van der Waals surface area contributed by atoms with Gasteiger partial charge in [-0.3, -0.25) is 0 Å². The minimum Gasteiger partial charge on any atom is -0.0885 e. The van der Waals surface area contributed by atoms with E-state index in [9.17, 15) is 0 Å². The highest BCUT2D eigenvalue weighted by molar-refractivity contribution is 4.81. The Hall–Kier alpha value is -0.260. The van der Waals surface area contributed by atoms with Gasteiger partial charge in [0, 0.05) is 0 Å². The minimum absolute atomic E-state index is 0.953. The van der Waals surface area contributed by atoms with E-state index in [1.54, 1.807) is 0 Å². The summed E-state index contributed by atoms with van der Waals surface area (Å²) in [5.41, 5.74) is 0. The van der Waals surface area contributed by atoms with E-state index in [2.05, 4.69) is 32.9 Å². The summed E-state index contributed by atoms with van der Waals surface area (Å²) < 4.78 is 0. The number of hydrogen-bond donors (Lipinski definition) is 0. The van der Waals surface area contributed by atoms with Gasteiger partial charge in [0.2, 0.25) is 0 Å². The molecule has 0 saturated carbocycles. The number of rotatable bonds is 29. The van der Waals surface area contributed by atoms with E-state index in [0.29, 0.717) is 0 Å². The monoisotopic (exact) mass is 477 g/mol. The third-order valence-electron chi connectivity index (χ3n) is 7.76. The second-order valence-electron chi connectivity index (χ2n) is 11.5. The minimum atomic E-state index is 0.953. The lowest BCUT2D eigenvalue weighted by atomic mass is 9.96. The molecule has 0 saturated heterocycles. The SMILES string of the molecule is CCCCCCCCC=CCCCCCCC(C)CCCCCCCCCCCCCCCC. The smallest absolute Gasteiger partial charge is 0.0351 e. The van der Waals surface area contributed by atoms with Crippen LogP contribution in [0.1, 0.15) is 201 Å². The molecule has 0 aromatic carbocycles. The van der Waals surface area contributed by atoms with E-state index >= 15 is 0 Å². The van der Waals surface area contributed by atoms with Gasteiger partial charge >= 0.3 is 0 Å². The molecule has 0 spiro atoms. The molecule has 204 valence electrons. The molecule has 0 aliphatic carbocycles. The van der Waals surface area contributed by atoms with Crippen molar-refractivity contribution in [3.63, 3.8) is 0 Å². The predicted octanol–water partition coefficient (Wildman–Crippen LogP) is 13.1.